The summed E-state index contributed by atoms with van der Waals surface area (Å²) in [7, 11) is 0. The van der Waals surface area contributed by atoms with Crippen LogP contribution in [0.1, 0.15) is 16.7 Å². The standard InChI is InChI=1S/C11H13N/c1-8-3-2-4-10-5-9(7-12)6-11(8)10/h2-4,6H,5,7,12H2,1H3. The number of hydrogen-bond donors (Lipinski definition) is 1. The van der Waals surface area contributed by atoms with E-state index < -0.39 is 0 Å². The van der Waals surface area contributed by atoms with Crippen molar-refractivity contribution in [1.29, 1.82) is 0 Å². The lowest BCUT2D eigenvalue weighted by atomic mass is 10.1. The van der Waals surface area contributed by atoms with Gasteiger partial charge in [-0.25, -0.2) is 0 Å². The molecule has 0 atom stereocenters. The number of hydrogen-bond acceptors (Lipinski definition) is 1. The van der Waals surface area contributed by atoms with Gasteiger partial charge in [0.2, 0.25) is 0 Å². The van der Waals surface area contributed by atoms with Crippen LogP contribution in [0.15, 0.2) is 23.8 Å². The molecule has 0 fully saturated rings. The Kier molecular flexibility index (Phi) is 1.74. The summed E-state index contributed by atoms with van der Waals surface area (Å²) in [6.07, 6.45) is 3.28. The monoisotopic (exact) mass is 159 g/mol. The molecule has 2 rings (SSSR count). The van der Waals surface area contributed by atoms with Crippen LogP contribution < -0.4 is 5.73 Å². The van der Waals surface area contributed by atoms with E-state index in [0.717, 1.165) is 6.42 Å². The fourth-order valence-corrected chi connectivity index (χ4v) is 1.73. The molecule has 0 heterocycles. The normalized spacial score (nSPS) is 14.3. The van der Waals surface area contributed by atoms with E-state index in [4.69, 9.17) is 5.73 Å². The third-order valence-corrected chi connectivity index (χ3v) is 2.44. The lowest BCUT2D eigenvalue weighted by Gasteiger charge is -2.00. The number of nitrogens with two attached hydrogens (primary N) is 1. The van der Waals surface area contributed by atoms with Crippen LogP contribution >= 0.6 is 0 Å². The van der Waals surface area contributed by atoms with E-state index in [0.29, 0.717) is 6.54 Å². The van der Waals surface area contributed by atoms with Crippen molar-refractivity contribution in [2.24, 2.45) is 5.73 Å². The molecular weight excluding hydrogens is 146 g/mol. The van der Waals surface area contributed by atoms with Crippen molar-refractivity contribution >= 4 is 6.08 Å². The molecule has 1 heteroatoms. The third kappa shape index (κ3) is 1.07. The van der Waals surface area contributed by atoms with E-state index in [1.165, 1.54) is 22.3 Å². The molecule has 0 saturated carbocycles. The highest BCUT2D eigenvalue weighted by molar-refractivity contribution is 5.66. The second-order valence-electron chi connectivity index (χ2n) is 3.33. The second kappa shape index (κ2) is 2.76. The Hall–Kier alpha value is -1.08. The van der Waals surface area contributed by atoms with E-state index in [1.54, 1.807) is 0 Å². The molecule has 1 aromatic carbocycles. The molecule has 12 heavy (non-hydrogen) atoms. The lowest BCUT2D eigenvalue weighted by Crippen LogP contribution is -2.01. The van der Waals surface area contributed by atoms with Gasteiger partial charge in [0.1, 0.15) is 0 Å². The van der Waals surface area contributed by atoms with Crippen molar-refractivity contribution in [1.82, 2.24) is 0 Å². The number of benzene rings is 1. The molecule has 1 aliphatic carbocycles. The van der Waals surface area contributed by atoms with Gasteiger partial charge in [-0.15, -0.1) is 0 Å². The smallest absolute Gasteiger partial charge is 0.0143 e. The zero-order chi connectivity index (χ0) is 8.55. The Morgan fingerprint density at radius 3 is 2.92 bits per heavy atom. The predicted octanol–water partition coefficient (Wildman–Crippen LogP) is 1.89. The Bertz CT molecular complexity index is 337. The average molecular weight is 159 g/mol. The van der Waals surface area contributed by atoms with Crippen molar-refractivity contribution in [3.8, 4) is 0 Å². The molecule has 1 nitrogen and oxygen atoms in total. The highest BCUT2D eigenvalue weighted by Gasteiger charge is 2.11. The maximum Gasteiger partial charge on any atom is 0.0143 e. The molecular formula is C11H13N. The molecule has 0 unspecified atom stereocenters. The molecule has 1 aliphatic rings. The summed E-state index contributed by atoms with van der Waals surface area (Å²) in [5.74, 6) is 0. The molecule has 0 amide bonds. The molecule has 0 saturated heterocycles. The van der Waals surface area contributed by atoms with Crippen LogP contribution in [0.4, 0.5) is 0 Å². The van der Waals surface area contributed by atoms with E-state index in [-0.39, 0.29) is 0 Å². The first-order valence-corrected chi connectivity index (χ1v) is 4.29. The van der Waals surface area contributed by atoms with E-state index >= 15 is 0 Å². The summed E-state index contributed by atoms with van der Waals surface area (Å²) < 4.78 is 0. The summed E-state index contributed by atoms with van der Waals surface area (Å²) in [5.41, 5.74) is 11.1. The summed E-state index contributed by atoms with van der Waals surface area (Å²) >= 11 is 0. The van der Waals surface area contributed by atoms with Crippen LogP contribution in [0.3, 0.4) is 0 Å². The van der Waals surface area contributed by atoms with Crippen LogP contribution in [0.25, 0.3) is 6.08 Å². The largest absolute Gasteiger partial charge is 0.327 e. The van der Waals surface area contributed by atoms with Gasteiger partial charge in [-0.1, -0.05) is 29.8 Å². The topological polar surface area (TPSA) is 26.0 Å². The molecule has 2 N–H and O–H groups in total. The van der Waals surface area contributed by atoms with Crippen LogP contribution in [0.5, 0.6) is 0 Å². The molecule has 0 aliphatic heterocycles. The number of aryl methyl sites for hydroxylation is 1. The van der Waals surface area contributed by atoms with Crippen molar-refractivity contribution in [3.63, 3.8) is 0 Å². The fraction of sp³-hybridized carbons (Fsp3) is 0.273. The van der Waals surface area contributed by atoms with Gasteiger partial charge in [-0.2, -0.15) is 0 Å². The first-order chi connectivity index (χ1) is 5.81. The van der Waals surface area contributed by atoms with Crippen LogP contribution in [0, 0.1) is 6.92 Å². The Balaban J connectivity index is 2.48. The SMILES string of the molecule is Cc1cccc2c1C=C(CN)C2. The zero-order valence-corrected chi connectivity index (χ0v) is 7.30. The summed E-state index contributed by atoms with van der Waals surface area (Å²) in [4.78, 5) is 0. The lowest BCUT2D eigenvalue weighted by molar-refractivity contribution is 1.07. The molecule has 0 spiro atoms. The number of rotatable bonds is 1. The zero-order valence-electron chi connectivity index (χ0n) is 7.30. The van der Waals surface area contributed by atoms with E-state index in [2.05, 4.69) is 31.2 Å². The Morgan fingerprint density at radius 1 is 1.42 bits per heavy atom. The molecule has 0 aromatic heterocycles. The predicted molar refractivity (Wildman–Crippen MR) is 51.9 cm³/mol. The molecule has 0 radical (unpaired) electrons. The average Bonchev–Trinajstić information content (AvgIpc) is 2.49. The van der Waals surface area contributed by atoms with Gasteiger partial charge in [0.05, 0.1) is 0 Å². The van der Waals surface area contributed by atoms with Gasteiger partial charge in [-0.05, 0) is 30.0 Å². The second-order valence-corrected chi connectivity index (χ2v) is 3.33. The van der Waals surface area contributed by atoms with Gasteiger partial charge < -0.3 is 5.73 Å². The van der Waals surface area contributed by atoms with Crippen molar-refractivity contribution in [3.05, 3.63) is 40.5 Å². The van der Waals surface area contributed by atoms with Gasteiger partial charge >= 0.3 is 0 Å². The molecule has 62 valence electrons. The van der Waals surface area contributed by atoms with Gasteiger partial charge in [0.25, 0.3) is 0 Å². The minimum atomic E-state index is 0.689. The van der Waals surface area contributed by atoms with Gasteiger partial charge in [-0.3, -0.25) is 0 Å². The van der Waals surface area contributed by atoms with E-state index in [9.17, 15) is 0 Å². The molecule has 0 bridgehead atoms. The van der Waals surface area contributed by atoms with Crippen LogP contribution in [-0.2, 0) is 6.42 Å². The third-order valence-electron chi connectivity index (χ3n) is 2.44. The van der Waals surface area contributed by atoms with Gasteiger partial charge in [0, 0.05) is 6.54 Å². The Labute approximate surface area is 72.9 Å². The van der Waals surface area contributed by atoms with Crippen molar-refractivity contribution < 1.29 is 0 Å². The minimum Gasteiger partial charge on any atom is -0.327 e. The minimum absolute atomic E-state index is 0.689. The maximum absolute atomic E-state index is 5.59. The van der Waals surface area contributed by atoms with E-state index in [1.807, 2.05) is 0 Å². The maximum atomic E-state index is 5.59. The first-order valence-electron chi connectivity index (χ1n) is 4.29. The van der Waals surface area contributed by atoms with Crippen molar-refractivity contribution in [2.75, 3.05) is 6.54 Å². The van der Waals surface area contributed by atoms with Gasteiger partial charge in [0.15, 0.2) is 0 Å². The first kappa shape index (κ1) is 7.56. The summed E-state index contributed by atoms with van der Waals surface area (Å²) in [6.45, 7) is 2.84. The molecule has 1 aromatic rings. The summed E-state index contributed by atoms with van der Waals surface area (Å²) in [5, 5.41) is 0. The van der Waals surface area contributed by atoms with Crippen LogP contribution in [0.2, 0.25) is 0 Å². The highest BCUT2D eigenvalue weighted by Crippen LogP contribution is 2.26. The number of fused-ring (bicyclic) bond motifs is 1. The summed E-state index contributed by atoms with van der Waals surface area (Å²) in [6, 6.07) is 6.44. The fourth-order valence-electron chi connectivity index (χ4n) is 1.73. The highest BCUT2D eigenvalue weighted by atomic mass is 14.5. The Morgan fingerprint density at radius 2 is 2.25 bits per heavy atom. The quantitative estimate of drug-likeness (QED) is 0.665. The van der Waals surface area contributed by atoms with Crippen LogP contribution in [-0.4, -0.2) is 6.54 Å². The van der Waals surface area contributed by atoms with Crippen molar-refractivity contribution in [2.45, 2.75) is 13.3 Å².